The van der Waals surface area contributed by atoms with Gasteiger partial charge in [-0.05, 0) is 24.6 Å². The van der Waals surface area contributed by atoms with Crippen LogP contribution < -0.4 is 4.74 Å². The molecule has 0 fully saturated rings. The fourth-order valence-corrected chi connectivity index (χ4v) is 2.44. The van der Waals surface area contributed by atoms with Crippen molar-refractivity contribution in [2.24, 2.45) is 0 Å². The third kappa shape index (κ3) is 3.83. The maximum absolute atomic E-state index is 11.3. The molecule has 0 aliphatic rings. The van der Waals surface area contributed by atoms with E-state index in [0.29, 0.717) is 12.2 Å². The van der Waals surface area contributed by atoms with E-state index in [1.54, 1.807) is 25.1 Å². The van der Waals surface area contributed by atoms with Gasteiger partial charge < -0.3 is 4.74 Å². The van der Waals surface area contributed by atoms with Crippen LogP contribution in [-0.2, 0) is 9.84 Å². The van der Waals surface area contributed by atoms with Crippen molar-refractivity contribution in [2.45, 2.75) is 18.8 Å². The highest BCUT2D eigenvalue weighted by atomic mass is 79.9. The second-order valence-electron chi connectivity index (χ2n) is 3.24. The van der Waals surface area contributed by atoms with E-state index in [2.05, 4.69) is 15.9 Å². The molecule has 1 atom stereocenters. The molecule has 1 aromatic carbocycles. The molecule has 15 heavy (non-hydrogen) atoms. The van der Waals surface area contributed by atoms with Crippen molar-refractivity contribution in [3.8, 4) is 5.75 Å². The van der Waals surface area contributed by atoms with Crippen LogP contribution in [0.4, 0.5) is 0 Å². The Morgan fingerprint density at radius 2 is 2.13 bits per heavy atom. The zero-order chi connectivity index (χ0) is 11.5. The predicted octanol–water partition coefficient (Wildman–Crippen LogP) is 2.61. The predicted molar refractivity (Wildman–Crippen MR) is 63.7 cm³/mol. The zero-order valence-electron chi connectivity index (χ0n) is 8.60. The van der Waals surface area contributed by atoms with E-state index in [4.69, 9.17) is 4.74 Å². The van der Waals surface area contributed by atoms with Crippen molar-refractivity contribution < 1.29 is 13.2 Å². The zero-order valence-corrected chi connectivity index (χ0v) is 11.0. The smallest absolute Gasteiger partial charge is 0.198 e. The second kappa shape index (κ2) is 4.99. The molecule has 1 unspecified atom stereocenters. The summed E-state index contributed by atoms with van der Waals surface area (Å²) in [6.07, 6.45) is 1.62. The molecule has 0 bridgehead atoms. The topological polar surface area (TPSA) is 43.4 Å². The summed E-state index contributed by atoms with van der Waals surface area (Å²) in [5.74, 6) is 0.557. The molecule has 84 valence electrons. The highest BCUT2D eigenvalue weighted by Gasteiger charge is 2.20. The standard InChI is InChI=1S/C10H13BrO3S/c1-3-10(15(2,12)13)14-9-6-4-5-8(11)7-9/h4-7,10H,3H2,1-2H3. The highest BCUT2D eigenvalue weighted by Crippen LogP contribution is 2.20. The van der Waals surface area contributed by atoms with Gasteiger partial charge in [0.2, 0.25) is 0 Å². The van der Waals surface area contributed by atoms with Crippen molar-refractivity contribution in [3.63, 3.8) is 0 Å². The number of hydrogen-bond donors (Lipinski definition) is 0. The SMILES string of the molecule is CCC(Oc1cccc(Br)c1)S(C)(=O)=O. The van der Waals surface area contributed by atoms with Crippen LogP contribution in [0.5, 0.6) is 5.75 Å². The minimum absolute atomic E-state index is 0.436. The first kappa shape index (κ1) is 12.5. The largest absolute Gasteiger partial charge is 0.475 e. The van der Waals surface area contributed by atoms with Gasteiger partial charge in [0, 0.05) is 10.7 Å². The Labute approximate surface area is 98.5 Å². The maximum Gasteiger partial charge on any atom is 0.198 e. The van der Waals surface area contributed by atoms with Crippen LogP contribution in [0, 0.1) is 0 Å². The molecule has 5 heteroatoms. The third-order valence-corrected chi connectivity index (χ3v) is 3.75. The first-order valence-electron chi connectivity index (χ1n) is 4.54. The Morgan fingerprint density at radius 3 is 2.60 bits per heavy atom. The van der Waals surface area contributed by atoms with E-state index in [9.17, 15) is 8.42 Å². The molecular weight excluding hydrogens is 280 g/mol. The number of rotatable bonds is 4. The monoisotopic (exact) mass is 292 g/mol. The van der Waals surface area contributed by atoms with Gasteiger partial charge in [0.1, 0.15) is 5.75 Å². The van der Waals surface area contributed by atoms with E-state index >= 15 is 0 Å². The van der Waals surface area contributed by atoms with Crippen LogP contribution in [-0.4, -0.2) is 20.1 Å². The number of ether oxygens (including phenoxy) is 1. The van der Waals surface area contributed by atoms with Crippen molar-refractivity contribution in [1.29, 1.82) is 0 Å². The Bertz CT molecular complexity index is 428. The minimum atomic E-state index is -3.16. The van der Waals surface area contributed by atoms with Gasteiger partial charge in [-0.1, -0.05) is 28.9 Å². The summed E-state index contributed by atoms with van der Waals surface area (Å²) >= 11 is 3.29. The average molecular weight is 293 g/mol. The lowest BCUT2D eigenvalue weighted by molar-refractivity contribution is 0.270. The van der Waals surface area contributed by atoms with Crippen LogP contribution in [0.15, 0.2) is 28.7 Å². The summed E-state index contributed by atoms with van der Waals surface area (Å²) in [4.78, 5) is 0. The summed E-state index contributed by atoms with van der Waals surface area (Å²) < 4.78 is 28.9. The van der Waals surface area contributed by atoms with Gasteiger partial charge in [-0.25, -0.2) is 8.42 Å². The van der Waals surface area contributed by atoms with Gasteiger partial charge in [-0.2, -0.15) is 0 Å². The lowest BCUT2D eigenvalue weighted by Crippen LogP contribution is -2.25. The van der Waals surface area contributed by atoms with Crippen LogP contribution in [0.25, 0.3) is 0 Å². The quantitative estimate of drug-likeness (QED) is 0.857. The number of hydrogen-bond acceptors (Lipinski definition) is 3. The molecule has 0 amide bonds. The number of benzene rings is 1. The van der Waals surface area contributed by atoms with Gasteiger partial charge >= 0.3 is 0 Å². The van der Waals surface area contributed by atoms with Crippen LogP contribution in [0.3, 0.4) is 0 Å². The molecule has 3 nitrogen and oxygen atoms in total. The molecule has 0 spiro atoms. The molecule has 0 aromatic heterocycles. The Hall–Kier alpha value is -0.550. The fraction of sp³-hybridized carbons (Fsp3) is 0.400. The fourth-order valence-electron chi connectivity index (χ4n) is 1.17. The van der Waals surface area contributed by atoms with E-state index in [-0.39, 0.29) is 0 Å². The molecular formula is C10H13BrO3S. The van der Waals surface area contributed by atoms with E-state index < -0.39 is 15.3 Å². The summed E-state index contributed by atoms with van der Waals surface area (Å²) in [6, 6.07) is 7.13. The van der Waals surface area contributed by atoms with Crippen molar-refractivity contribution in [2.75, 3.05) is 6.26 Å². The second-order valence-corrected chi connectivity index (χ2v) is 6.34. The van der Waals surface area contributed by atoms with Gasteiger partial charge in [-0.3, -0.25) is 0 Å². The Kier molecular flexibility index (Phi) is 4.16. The Balaban J connectivity index is 2.85. The van der Waals surface area contributed by atoms with Gasteiger partial charge in [0.05, 0.1) is 0 Å². The first-order chi connectivity index (χ1) is 6.93. The van der Waals surface area contributed by atoms with Crippen LogP contribution in [0.2, 0.25) is 0 Å². The van der Waals surface area contributed by atoms with Crippen molar-refractivity contribution >= 4 is 25.8 Å². The molecule has 0 radical (unpaired) electrons. The number of sulfone groups is 1. The molecule has 0 heterocycles. The first-order valence-corrected chi connectivity index (χ1v) is 7.29. The highest BCUT2D eigenvalue weighted by molar-refractivity contribution is 9.10. The van der Waals surface area contributed by atoms with Crippen molar-refractivity contribution in [3.05, 3.63) is 28.7 Å². The normalized spacial score (nSPS) is 13.5. The van der Waals surface area contributed by atoms with Gasteiger partial charge in [-0.15, -0.1) is 0 Å². The molecule has 0 saturated heterocycles. The molecule has 1 rings (SSSR count). The van der Waals surface area contributed by atoms with Gasteiger partial charge in [0.15, 0.2) is 15.3 Å². The molecule has 1 aromatic rings. The molecule has 0 aliphatic heterocycles. The summed E-state index contributed by atoms with van der Waals surface area (Å²) in [7, 11) is -3.16. The van der Waals surface area contributed by atoms with E-state index in [1.165, 1.54) is 6.26 Å². The van der Waals surface area contributed by atoms with Crippen LogP contribution >= 0.6 is 15.9 Å². The van der Waals surface area contributed by atoms with E-state index in [0.717, 1.165) is 4.47 Å². The third-order valence-electron chi connectivity index (χ3n) is 1.87. The average Bonchev–Trinajstić information content (AvgIpc) is 2.12. The lowest BCUT2D eigenvalue weighted by atomic mass is 10.3. The van der Waals surface area contributed by atoms with Crippen molar-refractivity contribution in [1.82, 2.24) is 0 Å². The molecule has 0 aliphatic carbocycles. The minimum Gasteiger partial charge on any atom is -0.475 e. The Morgan fingerprint density at radius 1 is 1.47 bits per heavy atom. The van der Waals surface area contributed by atoms with Gasteiger partial charge in [0.25, 0.3) is 0 Å². The molecule has 0 N–H and O–H groups in total. The summed E-state index contributed by atoms with van der Waals surface area (Å²) in [6.45, 7) is 1.78. The van der Waals surface area contributed by atoms with Crippen LogP contribution in [0.1, 0.15) is 13.3 Å². The van der Waals surface area contributed by atoms with E-state index in [1.807, 2.05) is 6.07 Å². The number of halogens is 1. The molecule has 0 saturated carbocycles. The summed E-state index contributed by atoms with van der Waals surface area (Å²) in [5.41, 5.74) is -0.771. The lowest BCUT2D eigenvalue weighted by Gasteiger charge is -2.15. The summed E-state index contributed by atoms with van der Waals surface area (Å²) in [5, 5.41) is 0. The maximum atomic E-state index is 11.3.